The van der Waals surface area contributed by atoms with Gasteiger partial charge in [0.1, 0.15) is 11.9 Å². The van der Waals surface area contributed by atoms with Crippen molar-refractivity contribution >= 4 is 17.7 Å². The minimum Gasteiger partial charge on any atom is -0.468 e. The third-order valence-corrected chi connectivity index (χ3v) is 7.30. The Hall–Kier alpha value is -2.81. The van der Waals surface area contributed by atoms with Crippen LogP contribution in [0.2, 0.25) is 0 Å². The first-order valence-electron chi connectivity index (χ1n) is 12.5. The Bertz CT molecular complexity index is 958. The summed E-state index contributed by atoms with van der Waals surface area (Å²) in [5.74, 6) is 0.530. The molecule has 2 aliphatic rings. The summed E-state index contributed by atoms with van der Waals surface area (Å²) in [4.78, 5) is 36.8. The maximum absolute atomic E-state index is 13.0. The summed E-state index contributed by atoms with van der Waals surface area (Å²) in [6.07, 6.45) is 3.87. The zero-order chi connectivity index (χ0) is 24.7. The highest BCUT2D eigenvalue weighted by Gasteiger charge is 2.43. The van der Waals surface area contributed by atoms with Crippen LogP contribution >= 0.6 is 0 Å². The van der Waals surface area contributed by atoms with E-state index < -0.39 is 6.04 Å². The third kappa shape index (κ3) is 5.72. The van der Waals surface area contributed by atoms with Gasteiger partial charge in [-0.25, -0.2) is 9.78 Å². The SMILES string of the molecule is CCC(=O)N(CC1(N2CCN(C(C(=O)OC)c3ccccc3)CC2)CCOCC1)c1ccccn1. The molecule has 0 spiro atoms. The van der Waals surface area contributed by atoms with Gasteiger partial charge >= 0.3 is 5.97 Å². The maximum atomic E-state index is 13.0. The van der Waals surface area contributed by atoms with Crippen molar-refractivity contribution < 1.29 is 19.1 Å². The molecule has 8 nitrogen and oxygen atoms in total. The van der Waals surface area contributed by atoms with E-state index in [-0.39, 0.29) is 17.4 Å². The van der Waals surface area contributed by atoms with Crippen molar-refractivity contribution in [3.63, 3.8) is 0 Å². The average molecular weight is 481 g/mol. The molecule has 35 heavy (non-hydrogen) atoms. The Morgan fingerprint density at radius 1 is 1.06 bits per heavy atom. The molecular weight excluding hydrogens is 444 g/mol. The Balaban J connectivity index is 1.54. The number of pyridine rings is 1. The number of esters is 1. The molecular formula is C27H36N4O4. The van der Waals surface area contributed by atoms with Gasteiger partial charge < -0.3 is 9.47 Å². The zero-order valence-corrected chi connectivity index (χ0v) is 20.8. The third-order valence-electron chi connectivity index (χ3n) is 7.30. The van der Waals surface area contributed by atoms with Crippen LogP contribution in [0.25, 0.3) is 0 Å². The van der Waals surface area contributed by atoms with Crippen molar-refractivity contribution in [3.05, 3.63) is 60.3 Å². The van der Waals surface area contributed by atoms with Crippen LogP contribution in [0.15, 0.2) is 54.7 Å². The number of rotatable bonds is 8. The second-order valence-electron chi connectivity index (χ2n) is 9.22. The molecule has 8 heteroatoms. The van der Waals surface area contributed by atoms with Crippen molar-refractivity contribution in [1.29, 1.82) is 0 Å². The van der Waals surface area contributed by atoms with Gasteiger partial charge in [0.2, 0.25) is 5.91 Å². The number of anilines is 1. The summed E-state index contributed by atoms with van der Waals surface area (Å²) in [6, 6.07) is 15.1. The van der Waals surface area contributed by atoms with E-state index in [2.05, 4.69) is 14.8 Å². The molecule has 1 atom stereocenters. The highest BCUT2D eigenvalue weighted by atomic mass is 16.5. The summed E-state index contributed by atoms with van der Waals surface area (Å²) >= 11 is 0. The zero-order valence-electron chi connectivity index (χ0n) is 20.8. The first kappa shape index (κ1) is 25.3. The summed E-state index contributed by atoms with van der Waals surface area (Å²) in [7, 11) is 1.45. The Morgan fingerprint density at radius 2 is 1.74 bits per heavy atom. The molecule has 188 valence electrons. The molecule has 0 N–H and O–H groups in total. The normalized spacial score (nSPS) is 19.6. The molecule has 2 saturated heterocycles. The van der Waals surface area contributed by atoms with Gasteiger partial charge in [-0.3, -0.25) is 19.5 Å². The summed E-state index contributed by atoms with van der Waals surface area (Å²) in [6.45, 7) is 6.90. The molecule has 2 aromatic rings. The van der Waals surface area contributed by atoms with Gasteiger partial charge in [0.25, 0.3) is 0 Å². The molecule has 2 fully saturated rings. The molecule has 0 radical (unpaired) electrons. The highest BCUT2D eigenvalue weighted by molar-refractivity contribution is 5.92. The van der Waals surface area contributed by atoms with Gasteiger partial charge in [0.05, 0.1) is 7.11 Å². The smallest absolute Gasteiger partial charge is 0.327 e. The predicted molar refractivity (Wildman–Crippen MR) is 134 cm³/mol. The van der Waals surface area contributed by atoms with Crippen molar-refractivity contribution in [2.45, 2.75) is 37.8 Å². The van der Waals surface area contributed by atoms with Gasteiger partial charge in [0, 0.05) is 64.1 Å². The van der Waals surface area contributed by atoms with E-state index in [1.165, 1.54) is 7.11 Å². The van der Waals surface area contributed by atoms with E-state index in [1.807, 2.05) is 60.4 Å². The van der Waals surface area contributed by atoms with Crippen LogP contribution in [0.4, 0.5) is 5.82 Å². The molecule has 3 heterocycles. The number of hydrogen-bond acceptors (Lipinski definition) is 7. The lowest BCUT2D eigenvalue weighted by atomic mass is 9.86. The van der Waals surface area contributed by atoms with Crippen LogP contribution < -0.4 is 4.90 Å². The standard InChI is InChI=1S/C27H36N4O4/c1-3-24(32)31(23-11-7-8-14-28-23)21-27(12-19-35-20-13-27)30-17-15-29(16-18-30)25(26(33)34-2)22-9-5-4-6-10-22/h4-11,14,25H,3,12-13,15-21H2,1-2H3. The molecule has 1 unspecified atom stereocenters. The molecule has 1 aromatic carbocycles. The number of hydrogen-bond donors (Lipinski definition) is 0. The summed E-state index contributed by atoms with van der Waals surface area (Å²) < 4.78 is 10.9. The lowest BCUT2D eigenvalue weighted by Gasteiger charge is -2.51. The van der Waals surface area contributed by atoms with Crippen molar-refractivity contribution in [2.24, 2.45) is 0 Å². The molecule has 1 aromatic heterocycles. The van der Waals surface area contributed by atoms with Gasteiger partial charge in [-0.2, -0.15) is 0 Å². The minimum atomic E-state index is -0.416. The Labute approximate surface area is 207 Å². The fraction of sp³-hybridized carbons (Fsp3) is 0.519. The number of piperazine rings is 1. The lowest BCUT2D eigenvalue weighted by Crippen LogP contribution is -2.64. The quantitative estimate of drug-likeness (QED) is 0.538. The van der Waals surface area contributed by atoms with Gasteiger partial charge in [-0.15, -0.1) is 0 Å². The second-order valence-corrected chi connectivity index (χ2v) is 9.22. The van der Waals surface area contributed by atoms with Gasteiger partial charge in [0.15, 0.2) is 0 Å². The molecule has 1 amide bonds. The minimum absolute atomic E-state index is 0.0723. The number of nitrogens with zero attached hydrogens (tertiary/aromatic N) is 4. The Morgan fingerprint density at radius 3 is 2.34 bits per heavy atom. The van der Waals surface area contributed by atoms with Crippen LogP contribution in [-0.2, 0) is 19.1 Å². The lowest BCUT2D eigenvalue weighted by molar-refractivity contribution is -0.149. The predicted octanol–water partition coefficient (Wildman–Crippen LogP) is 2.91. The van der Waals surface area contributed by atoms with E-state index in [4.69, 9.17) is 9.47 Å². The van der Waals surface area contributed by atoms with Crippen LogP contribution in [0, 0.1) is 0 Å². The van der Waals surface area contributed by atoms with E-state index in [1.54, 1.807) is 6.20 Å². The summed E-state index contributed by atoms with van der Waals surface area (Å²) in [5.41, 5.74) is 0.753. The Kier molecular flexibility index (Phi) is 8.49. The van der Waals surface area contributed by atoms with Crippen LogP contribution in [0.1, 0.15) is 37.8 Å². The van der Waals surface area contributed by atoms with Crippen LogP contribution in [-0.4, -0.2) is 85.2 Å². The fourth-order valence-corrected chi connectivity index (χ4v) is 5.32. The second kappa shape index (κ2) is 11.7. The molecule has 0 bridgehead atoms. The van der Waals surface area contributed by atoms with E-state index in [0.29, 0.717) is 32.0 Å². The number of amides is 1. The number of carbonyl (C=O) groups is 2. The van der Waals surface area contributed by atoms with Crippen LogP contribution in [0.3, 0.4) is 0 Å². The van der Waals surface area contributed by atoms with E-state index in [0.717, 1.165) is 44.6 Å². The van der Waals surface area contributed by atoms with Gasteiger partial charge in [-0.05, 0) is 30.5 Å². The number of aromatic nitrogens is 1. The monoisotopic (exact) mass is 480 g/mol. The number of benzene rings is 1. The topological polar surface area (TPSA) is 75.2 Å². The van der Waals surface area contributed by atoms with E-state index >= 15 is 0 Å². The first-order valence-corrected chi connectivity index (χ1v) is 12.5. The molecule has 4 rings (SSSR count). The molecule has 2 aliphatic heterocycles. The van der Waals surface area contributed by atoms with Crippen molar-refractivity contribution in [1.82, 2.24) is 14.8 Å². The number of ether oxygens (including phenoxy) is 2. The number of carbonyl (C=O) groups excluding carboxylic acids is 2. The van der Waals surface area contributed by atoms with E-state index in [9.17, 15) is 9.59 Å². The summed E-state index contributed by atoms with van der Waals surface area (Å²) in [5, 5.41) is 0. The largest absolute Gasteiger partial charge is 0.468 e. The first-order chi connectivity index (χ1) is 17.1. The molecule has 0 saturated carbocycles. The van der Waals surface area contributed by atoms with Crippen molar-refractivity contribution in [2.75, 3.05) is 57.9 Å². The van der Waals surface area contributed by atoms with Gasteiger partial charge in [-0.1, -0.05) is 43.3 Å². The van der Waals surface area contributed by atoms with Crippen LogP contribution in [0.5, 0.6) is 0 Å². The average Bonchev–Trinajstić information content (AvgIpc) is 2.93. The number of methoxy groups -OCH3 is 1. The fourth-order valence-electron chi connectivity index (χ4n) is 5.32. The van der Waals surface area contributed by atoms with Crippen molar-refractivity contribution in [3.8, 4) is 0 Å². The maximum Gasteiger partial charge on any atom is 0.327 e. The molecule has 0 aliphatic carbocycles. The highest BCUT2D eigenvalue weighted by Crippen LogP contribution is 2.33.